The quantitative estimate of drug-likeness (QED) is 0.365. The molecule has 2 N–H and O–H groups in total. The van der Waals surface area contributed by atoms with Crippen molar-refractivity contribution in [3.8, 4) is 0 Å². The van der Waals surface area contributed by atoms with Crippen LogP contribution in [0.4, 0.5) is 0 Å². The summed E-state index contributed by atoms with van der Waals surface area (Å²) >= 11 is 0. The second-order valence-electron chi connectivity index (χ2n) is 9.56. The molecule has 0 radical (unpaired) electrons. The van der Waals surface area contributed by atoms with Crippen molar-refractivity contribution >= 4 is 27.6 Å². The van der Waals surface area contributed by atoms with Crippen LogP contribution in [0.15, 0.2) is 54.9 Å². The average molecular weight is 387 g/mol. The fourth-order valence-corrected chi connectivity index (χ4v) is 4.61. The fraction of sp³-hybridized carbons (Fsp3) is 0.346. The van der Waals surface area contributed by atoms with Gasteiger partial charge in [-0.1, -0.05) is 52.0 Å². The zero-order valence-electron chi connectivity index (χ0n) is 18.2. The Balaban J connectivity index is 0.000000171. The largest absolute Gasteiger partial charge is 0.361 e. The summed E-state index contributed by atoms with van der Waals surface area (Å²) in [5, 5.41) is 2.33. The summed E-state index contributed by atoms with van der Waals surface area (Å²) in [4.78, 5) is 19.2. The molecule has 0 atom stereocenters. The Labute approximate surface area is 172 Å². The van der Waals surface area contributed by atoms with Gasteiger partial charge in [-0.25, -0.2) is 0 Å². The van der Waals surface area contributed by atoms with Crippen molar-refractivity contribution in [2.45, 2.75) is 41.5 Å². The van der Waals surface area contributed by atoms with Gasteiger partial charge in [-0.3, -0.25) is 4.79 Å². The lowest BCUT2D eigenvalue weighted by Crippen LogP contribution is -2.06. The fourth-order valence-electron chi connectivity index (χ4n) is 4.61. The number of aryl methyl sites for hydroxylation is 2. The summed E-state index contributed by atoms with van der Waals surface area (Å²) in [6, 6.07) is 14.7. The van der Waals surface area contributed by atoms with Crippen LogP contribution >= 0.6 is 0 Å². The van der Waals surface area contributed by atoms with Crippen LogP contribution in [-0.2, 0) is 0 Å². The lowest BCUT2D eigenvalue weighted by molar-refractivity contribution is 0.0947. The second kappa shape index (κ2) is 6.62. The van der Waals surface area contributed by atoms with Crippen molar-refractivity contribution < 1.29 is 4.79 Å². The van der Waals surface area contributed by atoms with Crippen molar-refractivity contribution in [1.29, 1.82) is 0 Å². The van der Waals surface area contributed by atoms with E-state index in [1.807, 2.05) is 12.4 Å². The maximum atomic E-state index is 12.8. The predicted octanol–water partition coefficient (Wildman–Crippen LogP) is 6.82. The molecule has 1 saturated carbocycles. The second-order valence-corrected chi connectivity index (χ2v) is 9.56. The molecule has 4 aromatic rings. The van der Waals surface area contributed by atoms with E-state index in [-0.39, 0.29) is 22.5 Å². The molecule has 0 unspecified atom stereocenters. The van der Waals surface area contributed by atoms with Crippen LogP contribution in [-0.4, -0.2) is 15.8 Å². The van der Waals surface area contributed by atoms with Gasteiger partial charge in [0.2, 0.25) is 0 Å². The van der Waals surface area contributed by atoms with Gasteiger partial charge in [-0.15, -0.1) is 0 Å². The first-order chi connectivity index (χ1) is 13.6. The van der Waals surface area contributed by atoms with E-state index in [2.05, 4.69) is 94.0 Å². The third kappa shape index (κ3) is 3.19. The van der Waals surface area contributed by atoms with Crippen molar-refractivity contribution in [1.82, 2.24) is 9.97 Å². The van der Waals surface area contributed by atoms with E-state index >= 15 is 0 Å². The van der Waals surface area contributed by atoms with E-state index in [9.17, 15) is 4.79 Å². The van der Waals surface area contributed by atoms with Gasteiger partial charge in [0.15, 0.2) is 5.78 Å². The number of carbonyl (C=O) groups is 1. The maximum absolute atomic E-state index is 12.8. The minimum atomic E-state index is 0.0956. The SMILES string of the molecule is Cc1ccc2c(C(=O)C3C(C)(C)C3(C)C)c[nH]c2c1.Cc1ccc2cc[nH]c2c1. The Hall–Kier alpha value is -2.81. The molecule has 2 aromatic heterocycles. The molecular formula is C26H30N2O. The number of carbonyl (C=O) groups excluding carboxylic acids is 1. The van der Waals surface area contributed by atoms with E-state index in [0.29, 0.717) is 0 Å². The van der Waals surface area contributed by atoms with Crippen LogP contribution in [0.25, 0.3) is 21.8 Å². The molecule has 0 bridgehead atoms. The van der Waals surface area contributed by atoms with E-state index in [1.54, 1.807) is 0 Å². The van der Waals surface area contributed by atoms with Crippen LogP contribution in [0.5, 0.6) is 0 Å². The highest BCUT2D eigenvalue weighted by molar-refractivity contribution is 6.10. The lowest BCUT2D eigenvalue weighted by Gasteiger charge is -2.03. The summed E-state index contributed by atoms with van der Waals surface area (Å²) in [5.74, 6) is 0.408. The maximum Gasteiger partial charge on any atom is 0.169 e. The normalized spacial score (nSPS) is 17.2. The van der Waals surface area contributed by atoms with Gasteiger partial charge in [0, 0.05) is 40.3 Å². The van der Waals surface area contributed by atoms with Crippen molar-refractivity contribution in [3.05, 3.63) is 71.5 Å². The van der Waals surface area contributed by atoms with Gasteiger partial charge >= 0.3 is 0 Å². The monoisotopic (exact) mass is 386 g/mol. The molecule has 29 heavy (non-hydrogen) atoms. The van der Waals surface area contributed by atoms with E-state index in [0.717, 1.165) is 16.5 Å². The molecule has 3 heteroatoms. The standard InChI is InChI=1S/C17H21NO.C9H9N/c1-10-6-7-11-12(9-18-13(11)8-10)14(19)15-16(2,3)17(15,4)5;1-7-2-3-8-4-5-10-9(8)6-7/h6-9,15,18H,1-5H3;2-6,10H,1H3. The van der Waals surface area contributed by atoms with E-state index < -0.39 is 0 Å². The molecule has 1 aliphatic carbocycles. The Bertz CT molecular complexity index is 1190. The summed E-state index contributed by atoms with van der Waals surface area (Å²) < 4.78 is 0. The highest BCUT2D eigenvalue weighted by atomic mass is 16.1. The van der Waals surface area contributed by atoms with Crippen molar-refractivity contribution in [2.75, 3.05) is 0 Å². The van der Waals surface area contributed by atoms with Gasteiger partial charge < -0.3 is 9.97 Å². The first-order valence-corrected chi connectivity index (χ1v) is 10.3. The highest BCUT2D eigenvalue weighted by Crippen LogP contribution is 2.69. The van der Waals surface area contributed by atoms with Crippen LogP contribution in [0.1, 0.15) is 49.2 Å². The van der Waals surface area contributed by atoms with Gasteiger partial charge in [0.1, 0.15) is 0 Å². The Morgan fingerprint density at radius 3 is 2.10 bits per heavy atom. The number of aromatic nitrogens is 2. The summed E-state index contributed by atoms with van der Waals surface area (Å²) in [5.41, 5.74) is 5.82. The number of Topliss-reactive ketones (excluding diaryl/α,β-unsaturated/α-hetero) is 1. The summed E-state index contributed by atoms with van der Waals surface area (Å²) in [7, 11) is 0. The lowest BCUT2D eigenvalue weighted by atomic mass is 10.0. The zero-order valence-corrected chi connectivity index (χ0v) is 18.2. The number of H-pyrrole nitrogens is 2. The number of rotatable bonds is 2. The number of hydrogen-bond donors (Lipinski definition) is 2. The molecule has 1 aliphatic rings. The molecule has 3 nitrogen and oxygen atoms in total. The Kier molecular flexibility index (Phi) is 4.45. The van der Waals surface area contributed by atoms with Crippen LogP contribution in [0.2, 0.25) is 0 Å². The molecule has 0 saturated heterocycles. The van der Waals surface area contributed by atoms with Crippen LogP contribution < -0.4 is 0 Å². The third-order valence-corrected chi connectivity index (χ3v) is 7.10. The highest BCUT2D eigenvalue weighted by Gasteiger charge is 2.68. The molecular weight excluding hydrogens is 356 g/mol. The smallest absolute Gasteiger partial charge is 0.169 e. The predicted molar refractivity (Wildman–Crippen MR) is 121 cm³/mol. The van der Waals surface area contributed by atoms with Crippen LogP contribution in [0, 0.1) is 30.6 Å². The van der Waals surface area contributed by atoms with Gasteiger partial charge in [0.05, 0.1) is 0 Å². The number of hydrogen-bond acceptors (Lipinski definition) is 1. The third-order valence-electron chi connectivity index (χ3n) is 7.10. The zero-order chi connectivity index (χ0) is 21.0. The average Bonchev–Trinajstić information content (AvgIpc) is 3.09. The summed E-state index contributed by atoms with van der Waals surface area (Å²) in [6.07, 6.45) is 3.83. The molecule has 0 amide bonds. The van der Waals surface area contributed by atoms with Gasteiger partial charge in [-0.2, -0.15) is 0 Å². The molecule has 0 spiro atoms. The molecule has 5 rings (SSSR count). The van der Waals surface area contributed by atoms with Gasteiger partial charge in [0.25, 0.3) is 0 Å². The summed E-state index contributed by atoms with van der Waals surface area (Å²) in [6.45, 7) is 12.9. The Morgan fingerprint density at radius 1 is 0.828 bits per heavy atom. The molecule has 1 fully saturated rings. The molecule has 0 aliphatic heterocycles. The van der Waals surface area contributed by atoms with E-state index in [4.69, 9.17) is 0 Å². The number of fused-ring (bicyclic) bond motifs is 2. The first kappa shape index (κ1) is 19.5. The molecule has 2 aromatic carbocycles. The number of nitrogens with one attached hydrogen (secondary N) is 2. The topological polar surface area (TPSA) is 48.6 Å². The first-order valence-electron chi connectivity index (χ1n) is 10.3. The number of ketones is 1. The Morgan fingerprint density at radius 2 is 1.45 bits per heavy atom. The number of benzene rings is 2. The molecule has 2 heterocycles. The minimum Gasteiger partial charge on any atom is -0.361 e. The van der Waals surface area contributed by atoms with Crippen molar-refractivity contribution in [2.24, 2.45) is 16.7 Å². The minimum absolute atomic E-state index is 0.0956. The molecule has 150 valence electrons. The van der Waals surface area contributed by atoms with Crippen molar-refractivity contribution in [3.63, 3.8) is 0 Å². The van der Waals surface area contributed by atoms with E-state index in [1.165, 1.54) is 22.0 Å². The van der Waals surface area contributed by atoms with Crippen LogP contribution in [0.3, 0.4) is 0 Å². The number of aromatic amines is 2. The van der Waals surface area contributed by atoms with Gasteiger partial charge in [-0.05, 0) is 59.4 Å².